The van der Waals surface area contributed by atoms with E-state index in [9.17, 15) is 0 Å². The molecule has 0 radical (unpaired) electrons. The number of halogens is 1. The van der Waals surface area contributed by atoms with Crippen LogP contribution in [0.15, 0.2) is 53.1 Å². The first-order chi connectivity index (χ1) is 11.7. The van der Waals surface area contributed by atoms with Crippen molar-refractivity contribution in [1.82, 2.24) is 9.38 Å². The Morgan fingerprint density at radius 3 is 2.96 bits per heavy atom. The Labute approximate surface area is 145 Å². The zero-order valence-electron chi connectivity index (χ0n) is 12.6. The molecule has 0 aliphatic heterocycles. The average molecular weight is 355 g/mol. The fourth-order valence-corrected chi connectivity index (χ4v) is 4.08. The quantitative estimate of drug-likeness (QED) is 0.412. The first-order valence-electron chi connectivity index (χ1n) is 7.36. The van der Waals surface area contributed by atoms with Gasteiger partial charge in [0.05, 0.1) is 17.3 Å². The molecule has 5 aromatic rings. The van der Waals surface area contributed by atoms with Crippen LogP contribution in [-0.4, -0.2) is 16.5 Å². The van der Waals surface area contributed by atoms with Gasteiger partial charge in [0, 0.05) is 16.6 Å². The molecular weight excluding hydrogens is 344 g/mol. The molecule has 0 saturated carbocycles. The van der Waals surface area contributed by atoms with Crippen LogP contribution in [0.3, 0.4) is 0 Å². The minimum absolute atomic E-state index is 0.695. The SMILES string of the molecule is COc1ccc2c(c1)sc1nc(-c3cc4cc(Cl)ccc4o3)cn12. The summed E-state index contributed by atoms with van der Waals surface area (Å²) in [6, 6.07) is 13.6. The lowest BCUT2D eigenvalue weighted by Crippen LogP contribution is -1.82. The monoisotopic (exact) mass is 354 g/mol. The molecule has 4 nitrogen and oxygen atoms in total. The molecule has 24 heavy (non-hydrogen) atoms. The minimum Gasteiger partial charge on any atom is -0.497 e. The molecule has 0 amide bonds. The van der Waals surface area contributed by atoms with Gasteiger partial charge in [0.2, 0.25) is 0 Å². The molecule has 5 rings (SSSR count). The zero-order chi connectivity index (χ0) is 16.3. The molecule has 6 heteroatoms. The summed E-state index contributed by atoms with van der Waals surface area (Å²) in [5, 5.41) is 1.67. The molecular formula is C18H11ClN2O2S. The number of imidazole rings is 1. The Morgan fingerprint density at radius 2 is 2.08 bits per heavy atom. The normalized spacial score (nSPS) is 11.8. The van der Waals surface area contributed by atoms with E-state index in [-0.39, 0.29) is 0 Å². The van der Waals surface area contributed by atoms with Gasteiger partial charge in [-0.25, -0.2) is 4.98 Å². The van der Waals surface area contributed by atoms with Crippen LogP contribution in [0.5, 0.6) is 5.75 Å². The lowest BCUT2D eigenvalue weighted by atomic mass is 10.2. The lowest BCUT2D eigenvalue weighted by Gasteiger charge is -1.98. The summed E-state index contributed by atoms with van der Waals surface area (Å²) in [6.45, 7) is 0. The van der Waals surface area contributed by atoms with Gasteiger partial charge >= 0.3 is 0 Å². The van der Waals surface area contributed by atoms with Crippen molar-refractivity contribution in [1.29, 1.82) is 0 Å². The van der Waals surface area contributed by atoms with Crippen molar-refractivity contribution in [3.63, 3.8) is 0 Å². The molecule has 0 N–H and O–H groups in total. The third kappa shape index (κ3) is 2.02. The van der Waals surface area contributed by atoms with Crippen LogP contribution in [-0.2, 0) is 0 Å². The highest BCUT2D eigenvalue weighted by Crippen LogP contribution is 2.34. The maximum absolute atomic E-state index is 6.04. The fourth-order valence-electron chi connectivity index (χ4n) is 2.87. The average Bonchev–Trinajstić information content (AvgIpc) is 3.24. The Kier molecular flexibility index (Phi) is 2.89. The third-order valence-corrected chi connectivity index (χ3v) is 5.28. The van der Waals surface area contributed by atoms with Gasteiger partial charge in [0.15, 0.2) is 10.7 Å². The van der Waals surface area contributed by atoms with Crippen molar-refractivity contribution >= 4 is 49.1 Å². The zero-order valence-corrected chi connectivity index (χ0v) is 14.2. The largest absolute Gasteiger partial charge is 0.497 e. The standard InChI is InChI=1S/C18H11ClN2O2S/c1-22-12-3-4-14-17(8-12)24-18-20-13(9-21(14)18)16-7-10-6-11(19)2-5-15(10)23-16/h2-9H,1H3. The van der Waals surface area contributed by atoms with E-state index in [0.717, 1.165) is 43.4 Å². The Balaban J connectivity index is 1.68. The van der Waals surface area contributed by atoms with E-state index in [1.54, 1.807) is 18.4 Å². The van der Waals surface area contributed by atoms with Crippen molar-refractivity contribution in [2.75, 3.05) is 7.11 Å². The van der Waals surface area contributed by atoms with E-state index in [0.29, 0.717) is 5.02 Å². The van der Waals surface area contributed by atoms with Gasteiger partial charge in [0.1, 0.15) is 17.0 Å². The molecule has 0 unspecified atom stereocenters. The Bertz CT molecular complexity index is 1220. The van der Waals surface area contributed by atoms with Crippen molar-refractivity contribution in [2.24, 2.45) is 0 Å². The Hall–Kier alpha value is -2.50. The summed E-state index contributed by atoms with van der Waals surface area (Å²) in [5.41, 5.74) is 2.72. The van der Waals surface area contributed by atoms with Gasteiger partial charge < -0.3 is 9.15 Å². The van der Waals surface area contributed by atoms with Crippen molar-refractivity contribution in [3.8, 4) is 17.2 Å². The van der Waals surface area contributed by atoms with Crippen LogP contribution in [0.1, 0.15) is 0 Å². The number of aromatic nitrogens is 2. The van der Waals surface area contributed by atoms with Crippen molar-refractivity contribution in [3.05, 3.63) is 53.7 Å². The highest BCUT2D eigenvalue weighted by molar-refractivity contribution is 7.23. The van der Waals surface area contributed by atoms with E-state index < -0.39 is 0 Å². The third-order valence-electron chi connectivity index (χ3n) is 4.03. The topological polar surface area (TPSA) is 39.7 Å². The number of rotatable bonds is 2. The van der Waals surface area contributed by atoms with Gasteiger partial charge in [-0.3, -0.25) is 4.40 Å². The number of hydrogen-bond acceptors (Lipinski definition) is 4. The fraction of sp³-hybridized carbons (Fsp3) is 0.0556. The molecule has 3 aromatic heterocycles. The summed E-state index contributed by atoms with van der Waals surface area (Å²) in [7, 11) is 1.67. The minimum atomic E-state index is 0.695. The van der Waals surface area contributed by atoms with E-state index in [2.05, 4.69) is 4.40 Å². The molecule has 0 aliphatic rings. The molecule has 0 atom stereocenters. The molecule has 2 aromatic carbocycles. The van der Waals surface area contributed by atoms with Crippen LogP contribution in [0.4, 0.5) is 0 Å². The van der Waals surface area contributed by atoms with Crippen LogP contribution >= 0.6 is 22.9 Å². The van der Waals surface area contributed by atoms with Gasteiger partial charge in [-0.2, -0.15) is 0 Å². The van der Waals surface area contributed by atoms with E-state index in [4.69, 9.17) is 25.7 Å². The molecule has 0 saturated heterocycles. The van der Waals surface area contributed by atoms with Gasteiger partial charge in [-0.05, 0) is 42.5 Å². The smallest absolute Gasteiger partial charge is 0.195 e. The number of ether oxygens (including phenoxy) is 1. The number of hydrogen-bond donors (Lipinski definition) is 0. The maximum Gasteiger partial charge on any atom is 0.195 e. The molecule has 118 valence electrons. The summed E-state index contributed by atoms with van der Waals surface area (Å²) in [4.78, 5) is 5.63. The number of fused-ring (bicyclic) bond motifs is 4. The number of methoxy groups -OCH3 is 1. The Morgan fingerprint density at radius 1 is 1.17 bits per heavy atom. The maximum atomic E-state index is 6.04. The molecule has 0 fully saturated rings. The van der Waals surface area contributed by atoms with E-state index in [1.165, 1.54) is 0 Å². The first-order valence-corrected chi connectivity index (χ1v) is 8.56. The summed E-state index contributed by atoms with van der Waals surface area (Å²) < 4.78 is 14.4. The van der Waals surface area contributed by atoms with Gasteiger partial charge in [-0.15, -0.1) is 0 Å². The summed E-state index contributed by atoms with van der Waals surface area (Å²) in [5.74, 6) is 1.59. The van der Waals surface area contributed by atoms with Crippen molar-refractivity contribution < 1.29 is 9.15 Å². The second-order valence-corrected chi connectivity index (χ2v) is 6.95. The van der Waals surface area contributed by atoms with E-state index >= 15 is 0 Å². The van der Waals surface area contributed by atoms with Crippen LogP contribution in [0, 0.1) is 0 Å². The predicted molar refractivity (Wildman–Crippen MR) is 97.3 cm³/mol. The molecule has 0 bridgehead atoms. The van der Waals surface area contributed by atoms with Crippen molar-refractivity contribution in [2.45, 2.75) is 0 Å². The van der Waals surface area contributed by atoms with Crippen LogP contribution in [0.2, 0.25) is 5.02 Å². The second kappa shape index (κ2) is 5.00. The lowest BCUT2D eigenvalue weighted by molar-refractivity contribution is 0.415. The molecule has 0 spiro atoms. The predicted octanol–water partition coefficient (Wildman–Crippen LogP) is 5.62. The number of nitrogens with zero attached hydrogens (tertiary/aromatic N) is 2. The highest BCUT2D eigenvalue weighted by Gasteiger charge is 2.14. The van der Waals surface area contributed by atoms with Crippen LogP contribution < -0.4 is 4.74 Å². The molecule has 3 heterocycles. The number of furan rings is 1. The van der Waals surface area contributed by atoms with Gasteiger partial charge in [-0.1, -0.05) is 22.9 Å². The number of benzene rings is 2. The summed E-state index contributed by atoms with van der Waals surface area (Å²) in [6.07, 6.45) is 2.00. The highest BCUT2D eigenvalue weighted by atomic mass is 35.5. The van der Waals surface area contributed by atoms with Gasteiger partial charge in [0.25, 0.3) is 0 Å². The molecule has 0 aliphatic carbocycles. The second-order valence-electron chi connectivity index (χ2n) is 5.51. The first kappa shape index (κ1) is 13.9. The van der Waals surface area contributed by atoms with E-state index in [1.807, 2.05) is 48.7 Å². The number of thiazole rings is 1. The van der Waals surface area contributed by atoms with Crippen LogP contribution in [0.25, 0.3) is 37.6 Å². The summed E-state index contributed by atoms with van der Waals surface area (Å²) >= 11 is 7.67.